The van der Waals surface area contributed by atoms with Crippen LogP contribution < -0.4 is 5.32 Å². The van der Waals surface area contributed by atoms with Crippen molar-refractivity contribution in [3.8, 4) is 34.0 Å². The number of carbonyl (C=O) groups is 1. The van der Waals surface area contributed by atoms with Crippen LogP contribution in [0.4, 0.5) is 0 Å². The summed E-state index contributed by atoms with van der Waals surface area (Å²) in [5, 5.41) is 17.7. The van der Waals surface area contributed by atoms with Gasteiger partial charge in [0, 0.05) is 40.9 Å². The van der Waals surface area contributed by atoms with Crippen LogP contribution in [0, 0.1) is 5.41 Å². The molecule has 0 amide bonds. The highest BCUT2D eigenvalue weighted by molar-refractivity contribution is 6.33. The highest BCUT2D eigenvalue weighted by Crippen LogP contribution is 2.34. The summed E-state index contributed by atoms with van der Waals surface area (Å²) in [6, 6.07) is 23.7. The SMILES string of the molecule is CNC(C)(C)C.COCCOCC1(C(=O)O)CCN(Cc2ccc(-c3noc(-c4ccc(-c5ccccc5)c(Cl)c4)n3)cc2)CC1. The van der Waals surface area contributed by atoms with Gasteiger partial charge in [0.25, 0.3) is 5.89 Å². The van der Waals surface area contributed by atoms with Crippen LogP contribution in [-0.2, 0) is 20.8 Å². The van der Waals surface area contributed by atoms with Gasteiger partial charge in [0.15, 0.2) is 0 Å². The number of rotatable bonds is 11. The Morgan fingerprint density at radius 2 is 1.65 bits per heavy atom. The van der Waals surface area contributed by atoms with Crippen molar-refractivity contribution in [2.45, 2.75) is 45.7 Å². The fourth-order valence-electron chi connectivity index (χ4n) is 4.94. The molecule has 246 valence electrons. The van der Waals surface area contributed by atoms with Gasteiger partial charge >= 0.3 is 5.97 Å². The maximum Gasteiger partial charge on any atom is 0.312 e. The first-order valence-electron chi connectivity index (χ1n) is 15.5. The minimum absolute atomic E-state index is 0.213. The van der Waals surface area contributed by atoms with Crippen LogP contribution in [0.1, 0.15) is 39.2 Å². The van der Waals surface area contributed by atoms with E-state index in [1.807, 2.05) is 79.8 Å². The van der Waals surface area contributed by atoms with Crippen LogP contribution in [0.3, 0.4) is 0 Å². The van der Waals surface area contributed by atoms with Crippen molar-refractivity contribution >= 4 is 17.6 Å². The molecule has 2 heterocycles. The molecule has 1 aromatic heterocycles. The normalized spacial score (nSPS) is 14.8. The van der Waals surface area contributed by atoms with E-state index in [9.17, 15) is 9.90 Å². The maximum absolute atomic E-state index is 12.0. The lowest BCUT2D eigenvalue weighted by atomic mass is 9.79. The summed E-state index contributed by atoms with van der Waals surface area (Å²) in [5.74, 6) is 0.118. The Morgan fingerprint density at radius 1 is 1.00 bits per heavy atom. The van der Waals surface area contributed by atoms with Crippen molar-refractivity contribution in [3.63, 3.8) is 0 Å². The Labute approximate surface area is 276 Å². The van der Waals surface area contributed by atoms with Crippen molar-refractivity contribution in [1.82, 2.24) is 20.4 Å². The third-order valence-electron chi connectivity index (χ3n) is 8.17. The Morgan fingerprint density at radius 3 is 2.24 bits per heavy atom. The van der Waals surface area contributed by atoms with Crippen LogP contribution in [0.2, 0.25) is 5.02 Å². The number of aromatic nitrogens is 2. The van der Waals surface area contributed by atoms with Crippen LogP contribution in [0.15, 0.2) is 77.3 Å². The molecule has 1 saturated heterocycles. The molecule has 3 aromatic carbocycles. The molecule has 46 heavy (non-hydrogen) atoms. The molecular weight excluding hydrogens is 604 g/mol. The molecule has 0 saturated carbocycles. The van der Waals surface area contributed by atoms with Gasteiger partial charge in [-0.3, -0.25) is 9.69 Å². The number of ether oxygens (including phenoxy) is 2. The first-order valence-corrected chi connectivity index (χ1v) is 15.9. The molecule has 9 nitrogen and oxygen atoms in total. The summed E-state index contributed by atoms with van der Waals surface area (Å²) in [4.78, 5) is 18.9. The van der Waals surface area contributed by atoms with Gasteiger partial charge in [0.05, 0.1) is 25.2 Å². The Bertz CT molecular complexity index is 1530. The number of nitrogens with zero attached hydrogens (tertiary/aromatic N) is 3. The van der Waals surface area contributed by atoms with E-state index < -0.39 is 11.4 Å². The average molecular weight is 649 g/mol. The number of piperidine rings is 1. The molecule has 0 aliphatic carbocycles. The zero-order valence-corrected chi connectivity index (χ0v) is 28.1. The first kappa shape index (κ1) is 35.3. The Balaban J connectivity index is 0.000000731. The van der Waals surface area contributed by atoms with Gasteiger partial charge < -0.3 is 24.4 Å². The minimum Gasteiger partial charge on any atom is -0.481 e. The zero-order chi connectivity index (χ0) is 33.2. The number of halogens is 1. The van der Waals surface area contributed by atoms with E-state index in [4.69, 9.17) is 25.6 Å². The molecule has 0 bridgehead atoms. The van der Waals surface area contributed by atoms with E-state index in [-0.39, 0.29) is 6.61 Å². The van der Waals surface area contributed by atoms with Crippen molar-refractivity contribution in [3.05, 3.63) is 83.4 Å². The van der Waals surface area contributed by atoms with Gasteiger partial charge in [-0.15, -0.1) is 0 Å². The molecular formula is C36H45ClN4O5. The molecule has 10 heteroatoms. The molecule has 0 unspecified atom stereocenters. The second-order valence-electron chi connectivity index (χ2n) is 12.6. The fourth-order valence-corrected chi connectivity index (χ4v) is 5.23. The summed E-state index contributed by atoms with van der Waals surface area (Å²) < 4.78 is 16.1. The molecule has 1 fully saturated rings. The minimum atomic E-state index is -0.837. The Kier molecular flexibility index (Phi) is 12.5. The van der Waals surface area contributed by atoms with Gasteiger partial charge in [-0.1, -0.05) is 77.4 Å². The van der Waals surface area contributed by atoms with Crippen molar-refractivity contribution in [2.75, 3.05) is 47.1 Å². The lowest BCUT2D eigenvalue weighted by Crippen LogP contribution is -2.46. The summed E-state index contributed by atoms with van der Waals surface area (Å²) in [7, 11) is 3.56. The van der Waals surface area contributed by atoms with Gasteiger partial charge in [0.2, 0.25) is 5.82 Å². The molecule has 1 aliphatic heterocycles. The number of aliphatic carboxylic acids is 1. The largest absolute Gasteiger partial charge is 0.481 e. The third kappa shape index (κ3) is 9.70. The van der Waals surface area contributed by atoms with Crippen molar-refractivity contribution in [2.24, 2.45) is 5.41 Å². The van der Waals surface area contributed by atoms with E-state index in [1.165, 1.54) is 0 Å². The van der Waals surface area contributed by atoms with E-state index in [0.29, 0.717) is 61.4 Å². The molecule has 0 radical (unpaired) electrons. The lowest BCUT2D eigenvalue weighted by molar-refractivity contribution is -0.157. The second-order valence-corrected chi connectivity index (χ2v) is 13.0. The van der Waals surface area contributed by atoms with Crippen LogP contribution >= 0.6 is 11.6 Å². The summed E-state index contributed by atoms with van der Waals surface area (Å²) in [5.41, 5.74) is 4.18. The van der Waals surface area contributed by atoms with Gasteiger partial charge in [-0.2, -0.15) is 4.98 Å². The number of carboxylic acid groups (broad SMARTS) is 1. The van der Waals surface area contributed by atoms with Gasteiger partial charge in [0.1, 0.15) is 0 Å². The molecule has 2 N–H and O–H groups in total. The van der Waals surface area contributed by atoms with E-state index >= 15 is 0 Å². The highest BCUT2D eigenvalue weighted by Gasteiger charge is 2.41. The lowest BCUT2D eigenvalue weighted by Gasteiger charge is -2.38. The molecule has 4 aromatic rings. The van der Waals surface area contributed by atoms with Gasteiger partial charge in [-0.25, -0.2) is 0 Å². The van der Waals surface area contributed by atoms with Crippen molar-refractivity contribution < 1.29 is 23.9 Å². The highest BCUT2D eigenvalue weighted by atomic mass is 35.5. The standard InChI is InChI=1S/C31H32ClN3O5.C5H13N/c1-38-17-18-39-21-31(30(36)37)13-15-35(16-14-31)20-22-7-9-24(10-8-22)28-33-29(40-34-28)25-11-12-26(27(32)19-25)23-5-3-2-4-6-23;1-5(2,3)6-4/h2-12,19H,13-18,20-21H2,1H3,(H,36,37);6H,1-4H3. The number of likely N-dealkylation sites (tertiary alicyclic amines) is 1. The molecule has 1 aliphatic rings. The number of hydrogen-bond donors (Lipinski definition) is 2. The van der Waals surface area contributed by atoms with Crippen LogP contribution in [-0.4, -0.2) is 78.7 Å². The number of hydrogen-bond acceptors (Lipinski definition) is 8. The summed E-state index contributed by atoms with van der Waals surface area (Å²) in [6.45, 7) is 9.60. The summed E-state index contributed by atoms with van der Waals surface area (Å²) >= 11 is 6.57. The predicted octanol–water partition coefficient (Wildman–Crippen LogP) is 7.06. The van der Waals surface area contributed by atoms with E-state index in [1.54, 1.807) is 7.11 Å². The zero-order valence-electron chi connectivity index (χ0n) is 27.4. The number of nitrogens with one attached hydrogen (secondary N) is 1. The topological polar surface area (TPSA) is 110 Å². The van der Waals surface area contributed by atoms with Crippen LogP contribution in [0.5, 0.6) is 0 Å². The first-order chi connectivity index (χ1) is 22.0. The smallest absolute Gasteiger partial charge is 0.312 e. The maximum atomic E-state index is 12.0. The van der Waals surface area contributed by atoms with Gasteiger partial charge in [-0.05, 0) is 77.0 Å². The average Bonchev–Trinajstić information content (AvgIpc) is 3.55. The monoisotopic (exact) mass is 648 g/mol. The number of benzene rings is 3. The predicted molar refractivity (Wildman–Crippen MR) is 182 cm³/mol. The molecule has 5 rings (SSSR count). The quantitative estimate of drug-likeness (QED) is 0.165. The number of methoxy groups -OCH3 is 1. The van der Waals surface area contributed by atoms with Crippen molar-refractivity contribution in [1.29, 1.82) is 0 Å². The molecule has 0 spiro atoms. The third-order valence-corrected chi connectivity index (χ3v) is 8.48. The molecule has 0 atom stereocenters. The number of carboxylic acids is 1. The van der Waals surface area contributed by atoms with Crippen LogP contribution in [0.25, 0.3) is 34.0 Å². The Hall–Kier alpha value is -3.60. The fraction of sp³-hybridized carbons (Fsp3) is 0.417. The summed E-state index contributed by atoms with van der Waals surface area (Å²) in [6.07, 6.45) is 1.10. The van der Waals surface area contributed by atoms with E-state index in [0.717, 1.165) is 34.4 Å². The second kappa shape index (κ2) is 16.3. The van der Waals surface area contributed by atoms with E-state index in [2.05, 4.69) is 41.1 Å².